The molecular weight excluding hydrogens is 551 g/mol. The van der Waals surface area contributed by atoms with Crippen LogP contribution in [0.4, 0.5) is 0 Å². The van der Waals surface area contributed by atoms with Gasteiger partial charge in [0.05, 0.1) is 26.4 Å². The van der Waals surface area contributed by atoms with Gasteiger partial charge in [-0.2, -0.15) is 18.2 Å². The minimum Gasteiger partial charge on any atom is -0.518 e. The van der Waals surface area contributed by atoms with Gasteiger partial charge in [0.25, 0.3) is 0 Å². The average Bonchev–Trinajstić information content (AvgIpc) is 3.03. The van der Waals surface area contributed by atoms with E-state index in [0.717, 1.165) is 83.8 Å². The molecular formula is C40H47LiO4. The van der Waals surface area contributed by atoms with E-state index in [1.807, 2.05) is 0 Å². The average molecular weight is 599 g/mol. The summed E-state index contributed by atoms with van der Waals surface area (Å²) < 4.78 is 26.1. The second-order valence-electron chi connectivity index (χ2n) is 11.7. The molecule has 0 saturated heterocycles. The number of para-hydroxylation sites is 3. The van der Waals surface area contributed by atoms with Gasteiger partial charge < -0.3 is 18.9 Å². The van der Waals surface area contributed by atoms with Crippen molar-refractivity contribution < 1.29 is 37.8 Å². The third-order valence-electron chi connectivity index (χ3n) is 7.96. The topological polar surface area (TPSA) is 36.9 Å². The van der Waals surface area contributed by atoms with Crippen LogP contribution >= 0.6 is 0 Å². The molecule has 0 atom stereocenters. The fourth-order valence-corrected chi connectivity index (χ4v) is 5.97. The van der Waals surface area contributed by atoms with Gasteiger partial charge >= 0.3 is 18.9 Å². The Kier molecular flexibility index (Phi) is 13.4. The molecule has 0 radical (unpaired) electrons. The van der Waals surface area contributed by atoms with Crippen LogP contribution in [0.25, 0.3) is 0 Å². The molecule has 0 heterocycles. The van der Waals surface area contributed by atoms with Crippen LogP contribution in [0.1, 0.15) is 97.9 Å². The number of rotatable bonds is 12. The van der Waals surface area contributed by atoms with E-state index in [1.165, 1.54) is 22.3 Å². The van der Waals surface area contributed by atoms with Gasteiger partial charge in [-0.25, -0.2) is 0 Å². The monoisotopic (exact) mass is 598 g/mol. The summed E-state index contributed by atoms with van der Waals surface area (Å²) in [5.74, 6) is 3.88. The zero-order valence-corrected chi connectivity index (χ0v) is 28.0. The molecule has 5 rings (SSSR count). The summed E-state index contributed by atoms with van der Waals surface area (Å²) in [7, 11) is 0. The molecule has 0 fully saturated rings. The normalized spacial score (nSPS) is 12.2. The van der Waals surface area contributed by atoms with Gasteiger partial charge in [0.1, 0.15) is 17.2 Å². The van der Waals surface area contributed by atoms with E-state index in [1.54, 1.807) is 0 Å². The SMILES string of the molecule is CCCOc1c2c[c-]cc1Cc1cccc(c1OCCC)Cc1cccc(c1OCCC)Cc1cccc(c1OCCC)C2.[Li+]. The van der Waals surface area contributed by atoms with E-state index in [0.29, 0.717) is 39.3 Å². The van der Waals surface area contributed by atoms with Crippen LogP contribution in [0.2, 0.25) is 0 Å². The van der Waals surface area contributed by atoms with Gasteiger partial charge in [0.15, 0.2) is 0 Å². The molecule has 0 aliphatic heterocycles. The zero-order valence-electron chi connectivity index (χ0n) is 28.0. The molecule has 5 heteroatoms. The summed E-state index contributed by atoms with van der Waals surface area (Å²) in [6, 6.07) is 27.3. The molecule has 232 valence electrons. The molecule has 0 aromatic heterocycles. The molecule has 0 unspecified atom stereocenters. The quantitative estimate of drug-likeness (QED) is 0.124. The van der Waals surface area contributed by atoms with E-state index in [4.69, 9.17) is 18.9 Å². The van der Waals surface area contributed by atoms with Crippen molar-refractivity contribution in [1.82, 2.24) is 0 Å². The van der Waals surface area contributed by atoms with Gasteiger partial charge in [-0.15, -0.1) is 11.1 Å². The number of benzene rings is 4. The van der Waals surface area contributed by atoms with Crippen LogP contribution in [-0.2, 0) is 25.7 Å². The van der Waals surface area contributed by atoms with Crippen LogP contribution in [0.3, 0.4) is 0 Å². The fourth-order valence-electron chi connectivity index (χ4n) is 5.97. The summed E-state index contributed by atoms with van der Waals surface area (Å²) >= 11 is 0. The summed E-state index contributed by atoms with van der Waals surface area (Å²) in [6.45, 7) is 11.3. The van der Waals surface area contributed by atoms with Crippen molar-refractivity contribution in [2.75, 3.05) is 26.4 Å². The predicted octanol–water partition coefficient (Wildman–Crippen LogP) is 6.32. The number of ether oxygens (including phenoxy) is 4. The van der Waals surface area contributed by atoms with Crippen LogP contribution in [0.5, 0.6) is 23.0 Å². The van der Waals surface area contributed by atoms with E-state index in [-0.39, 0.29) is 18.9 Å². The van der Waals surface area contributed by atoms with Gasteiger partial charge in [-0.1, -0.05) is 82.3 Å². The van der Waals surface area contributed by atoms with Crippen molar-refractivity contribution in [2.24, 2.45) is 0 Å². The van der Waals surface area contributed by atoms with E-state index < -0.39 is 0 Å². The van der Waals surface area contributed by atoms with Crippen molar-refractivity contribution in [3.05, 3.63) is 117 Å². The Hall–Kier alpha value is -3.32. The molecule has 1 aliphatic carbocycles. The summed E-state index contributed by atoms with van der Waals surface area (Å²) in [4.78, 5) is 0. The zero-order chi connectivity index (χ0) is 30.7. The second-order valence-corrected chi connectivity index (χ2v) is 11.7. The van der Waals surface area contributed by atoms with E-state index in [2.05, 4.69) is 100 Å². The van der Waals surface area contributed by atoms with Crippen molar-refractivity contribution in [3.63, 3.8) is 0 Å². The third kappa shape index (κ3) is 8.49. The van der Waals surface area contributed by atoms with Gasteiger partial charge in [0, 0.05) is 18.6 Å². The molecule has 0 saturated carbocycles. The Morgan fingerprint density at radius 3 is 0.933 bits per heavy atom. The minimum absolute atomic E-state index is 0. The molecule has 1 aliphatic rings. The molecule has 0 N–H and O–H groups in total. The summed E-state index contributed by atoms with van der Waals surface area (Å²) in [6.07, 6.45) is 6.65. The van der Waals surface area contributed by atoms with Crippen LogP contribution in [0.15, 0.2) is 66.7 Å². The van der Waals surface area contributed by atoms with Crippen molar-refractivity contribution >= 4 is 0 Å². The molecule has 4 aromatic carbocycles. The minimum atomic E-state index is 0. The van der Waals surface area contributed by atoms with E-state index in [9.17, 15) is 0 Å². The summed E-state index contributed by atoms with van der Waals surface area (Å²) in [5, 5.41) is 0. The first-order valence-electron chi connectivity index (χ1n) is 16.5. The maximum atomic E-state index is 6.53. The Labute approximate surface area is 282 Å². The Balaban J connectivity index is 0.00000461. The molecule has 45 heavy (non-hydrogen) atoms. The molecule has 0 spiro atoms. The maximum absolute atomic E-state index is 6.53. The Morgan fingerprint density at radius 2 is 0.667 bits per heavy atom. The van der Waals surface area contributed by atoms with Crippen LogP contribution in [-0.4, -0.2) is 26.4 Å². The first-order valence-corrected chi connectivity index (χ1v) is 16.5. The van der Waals surface area contributed by atoms with Crippen LogP contribution in [0, 0.1) is 6.07 Å². The van der Waals surface area contributed by atoms with Crippen molar-refractivity contribution in [2.45, 2.75) is 79.1 Å². The number of hydrogen-bond acceptors (Lipinski definition) is 4. The van der Waals surface area contributed by atoms with E-state index >= 15 is 0 Å². The first-order chi connectivity index (χ1) is 21.7. The smallest absolute Gasteiger partial charge is 0.518 e. The Morgan fingerprint density at radius 1 is 0.422 bits per heavy atom. The fraction of sp³-hybridized carbons (Fsp3) is 0.400. The number of hydrogen-bond donors (Lipinski definition) is 0. The first kappa shape index (κ1) is 34.5. The molecule has 0 amide bonds. The van der Waals surface area contributed by atoms with Gasteiger partial charge in [-0.05, 0) is 71.9 Å². The third-order valence-corrected chi connectivity index (χ3v) is 7.96. The standard InChI is InChI=1S/C40H47O4.Li/c1-5-21-41-37-29-13-9-14-30(37)26-32-16-11-18-34(39(32)43-23-7-3)28-36-20-12-19-35(40(36)44-24-8-4)27-33-17-10-15-31(25-29)38(33)42-22-6-2;/h9-11,13-20H,5-8,21-28H2,1-4H3;/q-1;+1. The summed E-state index contributed by atoms with van der Waals surface area (Å²) in [5.41, 5.74) is 9.28. The van der Waals surface area contributed by atoms with Gasteiger partial charge in [0.2, 0.25) is 0 Å². The molecule has 4 nitrogen and oxygen atoms in total. The number of fused-ring (bicyclic) bond motifs is 8. The molecule has 8 bridgehead atoms. The van der Waals surface area contributed by atoms with Crippen molar-refractivity contribution in [1.29, 1.82) is 0 Å². The van der Waals surface area contributed by atoms with Crippen molar-refractivity contribution in [3.8, 4) is 23.0 Å². The Bertz CT molecular complexity index is 1220. The molecule has 4 aromatic rings. The van der Waals surface area contributed by atoms with Gasteiger partial charge in [-0.3, -0.25) is 0 Å². The predicted molar refractivity (Wildman–Crippen MR) is 179 cm³/mol. The largest absolute Gasteiger partial charge is 1.00 e. The maximum Gasteiger partial charge on any atom is 1.00 e. The van der Waals surface area contributed by atoms with Crippen LogP contribution < -0.4 is 37.8 Å². The second kappa shape index (κ2) is 17.4.